The second-order valence-corrected chi connectivity index (χ2v) is 8.05. The van der Waals surface area contributed by atoms with E-state index >= 15 is 0 Å². The summed E-state index contributed by atoms with van der Waals surface area (Å²) in [7, 11) is 0. The van der Waals surface area contributed by atoms with Gasteiger partial charge in [0.15, 0.2) is 9.46 Å². The van der Waals surface area contributed by atoms with Crippen molar-refractivity contribution in [1.29, 1.82) is 0 Å². The van der Waals surface area contributed by atoms with Gasteiger partial charge in [0.2, 0.25) is 0 Å². The topological polar surface area (TPSA) is 63.0 Å². The molecular formula is C15H12ClF3N4S2. The summed E-state index contributed by atoms with van der Waals surface area (Å²) in [5.41, 5.74) is 5.61. The summed E-state index contributed by atoms with van der Waals surface area (Å²) < 4.78 is 36.7. The van der Waals surface area contributed by atoms with Crippen LogP contribution in [0, 0.1) is 0 Å². The van der Waals surface area contributed by atoms with E-state index < -0.39 is 16.1 Å². The zero-order chi connectivity index (χ0) is 18.1. The fourth-order valence-electron chi connectivity index (χ4n) is 1.95. The molecule has 4 N–H and O–H groups in total. The Morgan fingerprint density at radius 1 is 1.28 bits per heavy atom. The highest BCUT2D eigenvalue weighted by Gasteiger charge is 2.36. The number of dihydropyridines is 1. The Kier molecular flexibility index (Phi) is 4.90. The number of benzene rings is 1. The molecule has 4 nitrogen and oxygen atoms in total. The standard InChI is InChI=1S/C15H12ClF3N4S2/c16-14(6-5-9(7-21-14)15(17,18)19)25-11-3-1-10(2-4-11)22-13-23-12(20)8-24-13/h1-8,21H,20H2,(H,22,23). The van der Waals surface area contributed by atoms with Gasteiger partial charge in [-0.2, -0.15) is 13.2 Å². The zero-order valence-electron chi connectivity index (χ0n) is 12.5. The molecule has 0 saturated heterocycles. The maximum atomic E-state index is 12.6. The van der Waals surface area contributed by atoms with Gasteiger partial charge in [-0.15, -0.1) is 11.3 Å². The molecule has 1 aromatic heterocycles. The number of thioether (sulfide) groups is 1. The monoisotopic (exact) mass is 404 g/mol. The van der Waals surface area contributed by atoms with Crippen LogP contribution < -0.4 is 16.4 Å². The van der Waals surface area contributed by atoms with Crippen molar-refractivity contribution in [1.82, 2.24) is 10.3 Å². The van der Waals surface area contributed by atoms with Gasteiger partial charge in [0, 0.05) is 22.2 Å². The molecule has 0 amide bonds. The van der Waals surface area contributed by atoms with Gasteiger partial charge < -0.3 is 16.4 Å². The SMILES string of the molecule is Nc1csc(Nc2ccc(SC3(Cl)C=CC(C(F)(F)F)=CN3)cc2)n1. The molecule has 1 aromatic carbocycles. The van der Waals surface area contributed by atoms with E-state index in [1.807, 2.05) is 24.3 Å². The van der Waals surface area contributed by atoms with Crippen molar-refractivity contribution in [3.05, 3.63) is 53.6 Å². The van der Waals surface area contributed by atoms with Gasteiger partial charge in [-0.25, -0.2) is 4.98 Å². The first-order valence-corrected chi connectivity index (χ1v) is 9.01. The lowest BCUT2D eigenvalue weighted by atomic mass is 10.2. The molecular weight excluding hydrogens is 393 g/mol. The van der Waals surface area contributed by atoms with E-state index in [0.717, 1.165) is 22.9 Å². The van der Waals surface area contributed by atoms with E-state index in [0.29, 0.717) is 10.9 Å². The molecule has 0 bridgehead atoms. The van der Waals surface area contributed by atoms with Crippen molar-refractivity contribution in [2.24, 2.45) is 0 Å². The number of nitrogens with zero attached hydrogens (tertiary/aromatic N) is 1. The van der Waals surface area contributed by atoms with Gasteiger partial charge in [0.1, 0.15) is 5.82 Å². The first kappa shape index (κ1) is 18.0. The van der Waals surface area contributed by atoms with Crippen molar-refractivity contribution >= 4 is 51.3 Å². The molecule has 0 fully saturated rings. The average molecular weight is 405 g/mol. The number of nitrogen functional groups attached to an aromatic ring is 1. The summed E-state index contributed by atoms with van der Waals surface area (Å²) in [4.78, 5) is 4.89. The molecule has 1 aliphatic rings. The largest absolute Gasteiger partial charge is 0.417 e. The maximum Gasteiger partial charge on any atom is 0.417 e. The summed E-state index contributed by atoms with van der Waals surface area (Å²) in [5, 5.41) is 8.09. The van der Waals surface area contributed by atoms with Crippen LogP contribution in [0.25, 0.3) is 0 Å². The predicted molar refractivity (Wildman–Crippen MR) is 97.1 cm³/mol. The lowest BCUT2D eigenvalue weighted by molar-refractivity contribution is -0.0887. The smallest absolute Gasteiger partial charge is 0.383 e. The summed E-state index contributed by atoms with van der Waals surface area (Å²) >= 11 is 8.89. The first-order chi connectivity index (χ1) is 11.7. The van der Waals surface area contributed by atoms with Crippen molar-refractivity contribution in [3.8, 4) is 0 Å². The molecule has 2 aromatic rings. The van der Waals surface area contributed by atoms with Crippen LogP contribution in [0.15, 0.2) is 58.5 Å². The minimum Gasteiger partial charge on any atom is -0.383 e. The van der Waals surface area contributed by atoms with Crippen LogP contribution in [0.3, 0.4) is 0 Å². The van der Waals surface area contributed by atoms with Crippen LogP contribution in [0.2, 0.25) is 0 Å². The van der Waals surface area contributed by atoms with Gasteiger partial charge in [0.05, 0.1) is 5.57 Å². The van der Waals surface area contributed by atoms with Crippen LogP contribution in [0.1, 0.15) is 0 Å². The van der Waals surface area contributed by atoms with E-state index in [9.17, 15) is 13.2 Å². The number of nitrogens with two attached hydrogens (primary N) is 1. The van der Waals surface area contributed by atoms with Crippen molar-refractivity contribution in [3.63, 3.8) is 0 Å². The Hall–Kier alpha value is -1.84. The van der Waals surface area contributed by atoms with Crippen LogP contribution in [-0.4, -0.2) is 15.5 Å². The molecule has 3 rings (SSSR count). The Balaban J connectivity index is 1.64. The number of hydrogen-bond acceptors (Lipinski definition) is 6. The van der Waals surface area contributed by atoms with Gasteiger partial charge >= 0.3 is 6.18 Å². The molecule has 2 heterocycles. The van der Waals surface area contributed by atoms with Gasteiger partial charge in [-0.1, -0.05) is 23.4 Å². The Labute approximate surface area is 155 Å². The van der Waals surface area contributed by atoms with Crippen molar-refractivity contribution < 1.29 is 13.2 Å². The maximum absolute atomic E-state index is 12.6. The van der Waals surface area contributed by atoms with Crippen LogP contribution in [-0.2, 0) is 0 Å². The normalized spacial score (nSPS) is 20.1. The van der Waals surface area contributed by atoms with Crippen molar-refractivity contribution in [2.75, 3.05) is 11.1 Å². The van der Waals surface area contributed by atoms with E-state index in [4.69, 9.17) is 17.3 Å². The Bertz CT molecular complexity index is 817. The van der Waals surface area contributed by atoms with E-state index in [1.165, 1.54) is 29.2 Å². The van der Waals surface area contributed by atoms with E-state index in [1.54, 1.807) is 5.38 Å². The zero-order valence-corrected chi connectivity index (χ0v) is 14.9. The summed E-state index contributed by atoms with van der Waals surface area (Å²) in [6.07, 6.45) is -1.27. The highest BCUT2D eigenvalue weighted by atomic mass is 35.5. The number of rotatable bonds is 4. The number of anilines is 3. The van der Waals surface area contributed by atoms with Gasteiger partial charge in [-0.05, 0) is 36.4 Å². The predicted octanol–water partition coefficient (Wildman–Crippen LogP) is 5.06. The molecule has 25 heavy (non-hydrogen) atoms. The minimum absolute atomic E-state index is 0.449. The van der Waals surface area contributed by atoms with E-state index in [-0.39, 0.29) is 0 Å². The number of aromatic nitrogens is 1. The fourth-order valence-corrected chi connectivity index (χ4v) is 3.83. The molecule has 0 aliphatic carbocycles. The molecule has 0 radical (unpaired) electrons. The third-order valence-electron chi connectivity index (χ3n) is 3.12. The Morgan fingerprint density at radius 3 is 2.52 bits per heavy atom. The van der Waals surface area contributed by atoms with Gasteiger partial charge in [0.25, 0.3) is 0 Å². The molecule has 132 valence electrons. The molecule has 0 spiro atoms. The number of hydrogen-bond donors (Lipinski definition) is 3. The summed E-state index contributed by atoms with van der Waals surface area (Å²) in [6.45, 7) is 0. The van der Waals surface area contributed by atoms with Crippen LogP contribution in [0.4, 0.5) is 29.8 Å². The number of allylic oxidation sites excluding steroid dienone is 2. The number of nitrogens with one attached hydrogen (secondary N) is 2. The second-order valence-electron chi connectivity index (χ2n) is 5.05. The molecule has 1 aliphatic heterocycles. The fraction of sp³-hybridized carbons (Fsp3) is 0.133. The molecule has 0 saturated carbocycles. The summed E-state index contributed by atoms with van der Waals surface area (Å²) in [6, 6.07) is 7.27. The molecule has 1 atom stereocenters. The summed E-state index contributed by atoms with van der Waals surface area (Å²) in [5.74, 6) is 0.449. The van der Waals surface area contributed by atoms with E-state index in [2.05, 4.69) is 15.6 Å². The highest BCUT2D eigenvalue weighted by Crippen LogP contribution is 2.40. The third-order valence-corrected chi connectivity index (χ3v) is 5.42. The lowest BCUT2D eigenvalue weighted by Crippen LogP contribution is -2.34. The lowest BCUT2D eigenvalue weighted by Gasteiger charge is -2.27. The first-order valence-electron chi connectivity index (χ1n) is 6.94. The number of alkyl halides is 4. The van der Waals surface area contributed by atoms with Crippen LogP contribution in [0.5, 0.6) is 0 Å². The van der Waals surface area contributed by atoms with Crippen LogP contribution >= 0.6 is 34.7 Å². The Morgan fingerprint density at radius 2 is 2.00 bits per heavy atom. The van der Waals surface area contributed by atoms with Crippen molar-refractivity contribution in [2.45, 2.75) is 15.4 Å². The van der Waals surface area contributed by atoms with Gasteiger partial charge in [-0.3, -0.25) is 0 Å². The second kappa shape index (κ2) is 6.81. The number of thiazole rings is 1. The average Bonchev–Trinajstić information content (AvgIpc) is 2.94. The highest BCUT2D eigenvalue weighted by molar-refractivity contribution is 8.02. The number of halogens is 4. The minimum atomic E-state index is -4.40. The third kappa shape index (κ3) is 4.62. The molecule has 10 heteroatoms. The quantitative estimate of drug-likeness (QED) is 0.491. The molecule has 1 unspecified atom stereocenters.